The lowest BCUT2D eigenvalue weighted by Gasteiger charge is -2.20. The van der Waals surface area contributed by atoms with Crippen LogP contribution in [0.1, 0.15) is 50.2 Å². The predicted molar refractivity (Wildman–Crippen MR) is 113 cm³/mol. The molecule has 0 radical (unpaired) electrons. The van der Waals surface area contributed by atoms with Gasteiger partial charge in [0.05, 0.1) is 10.6 Å². The van der Waals surface area contributed by atoms with Crippen LogP contribution in [0.3, 0.4) is 0 Å². The molecule has 0 unspecified atom stereocenters. The maximum absolute atomic E-state index is 12.9. The summed E-state index contributed by atoms with van der Waals surface area (Å²) in [7, 11) is 0. The van der Waals surface area contributed by atoms with Crippen molar-refractivity contribution in [2.75, 3.05) is 5.32 Å². The summed E-state index contributed by atoms with van der Waals surface area (Å²) in [4.78, 5) is 26.6. The Kier molecular flexibility index (Phi) is 4.97. The molecule has 3 aromatic rings. The van der Waals surface area contributed by atoms with Crippen LogP contribution in [-0.4, -0.2) is 11.8 Å². The smallest absolute Gasteiger partial charge is 0.267 e. The second-order valence-electron chi connectivity index (χ2n) is 6.78. The van der Waals surface area contributed by atoms with Gasteiger partial charge in [-0.3, -0.25) is 9.59 Å². The molecule has 27 heavy (non-hydrogen) atoms. The van der Waals surface area contributed by atoms with E-state index in [4.69, 9.17) is 17.3 Å². The molecule has 2 amide bonds. The minimum absolute atomic E-state index is 0.297. The molecule has 2 heterocycles. The van der Waals surface area contributed by atoms with Crippen LogP contribution in [0.25, 0.3) is 10.1 Å². The minimum Gasteiger partial charge on any atom is -0.365 e. The molecule has 2 aromatic heterocycles. The van der Waals surface area contributed by atoms with Gasteiger partial charge in [0.15, 0.2) is 0 Å². The quantitative estimate of drug-likeness (QED) is 0.588. The fourth-order valence-electron chi connectivity index (χ4n) is 3.67. The van der Waals surface area contributed by atoms with Crippen LogP contribution in [0, 0.1) is 5.92 Å². The molecule has 1 aliphatic carbocycles. The van der Waals surface area contributed by atoms with Gasteiger partial charge in [-0.2, -0.15) is 0 Å². The summed E-state index contributed by atoms with van der Waals surface area (Å²) in [6, 6.07) is 7.64. The Morgan fingerprint density at radius 2 is 2.07 bits per heavy atom. The maximum atomic E-state index is 12.9. The summed E-state index contributed by atoms with van der Waals surface area (Å²) in [5, 5.41) is 4.76. The molecule has 1 aromatic carbocycles. The van der Waals surface area contributed by atoms with E-state index in [0.29, 0.717) is 26.4 Å². The molecular weight excluding hydrogens is 400 g/mol. The molecule has 0 saturated carbocycles. The number of rotatable bonds is 4. The van der Waals surface area contributed by atoms with Gasteiger partial charge in [-0.1, -0.05) is 43.1 Å². The van der Waals surface area contributed by atoms with Crippen LogP contribution in [0.4, 0.5) is 5.00 Å². The van der Waals surface area contributed by atoms with E-state index in [9.17, 15) is 9.59 Å². The highest BCUT2D eigenvalue weighted by molar-refractivity contribution is 7.22. The number of primary amides is 1. The van der Waals surface area contributed by atoms with Crippen LogP contribution < -0.4 is 11.1 Å². The number of fused-ring (bicyclic) bond motifs is 2. The van der Waals surface area contributed by atoms with Gasteiger partial charge in [0.2, 0.25) is 0 Å². The number of carbonyl (C=O) groups is 2. The van der Waals surface area contributed by atoms with Gasteiger partial charge in [-0.05, 0) is 36.8 Å². The van der Waals surface area contributed by atoms with Crippen molar-refractivity contribution in [3.05, 3.63) is 50.2 Å². The number of hydrogen-bond acceptors (Lipinski definition) is 4. The Morgan fingerprint density at radius 1 is 1.30 bits per heavy atom. The van der Waals surface area contributed by atoms with Crippen LogP contribution in [0.2, 0.25) is 5.02 Å². The molecule has 0 spiro atoms. The van der Waals surface area contributed by atoms with Crippen molar-refractivity contribution in [2.24, 2.45) is 11.7 Å². The summed E-state index contributed by atoms with van der Waals surface area (Å²) in [5.74, 6) is -0.160. The van der Waals surface area contributed by atoms with Gasteiger partial charge >= 0.3 is 0 Å². The first-order valence-electron chi connectivity index (χ1n) is 8.92. The Bertz CT molecular complexity index is 1050. The lowest BCUT2D eigenvalue weighted by atomic mass is 9.85. The van der Waals surface area contributed by atoms with E-state index >= 15 is 0 Å². The standard InChI is InChI=1S/C20H19ClN2O2S2/c1-2-10-7-8-11-14(9-10)27-20(15(11)18(22)24)23-19(25)17-16(21)12-5-3-4-6-13(12)26-17/h3-6,10H,2,7-9H2,1H3,(H2,22,24)(H,23,25)/t10-/m0/s1. The lowest BCUT2D eigenvalue weighted by Crippen LogP contribution is -2.19. The van der Waals surface area contributed by atoms with Crippen molar-refractivity contribution < 1.29 is 9.59 Å². The van der Waals surface area contributed by atoms with Gasteiger partial charge in [0.25, 0.3) is 11.8 Å². The fourth-order valence-corrected chi connectivity index (χ4v) is 6.45. The van der Waals surface area contributed by atoms with E-state index < -0.39 is 5.91 Å². The molecule has 0 fully saturated rings. The molecule has 0 aliphatic heterocycles. The monoisotopic (exact) mass is 418 g/mol. The maximum Gasteiger partial charge on any atom is 0.267 e. The number of hydrogen-bond donors (Lipinski definition) is 2. The number of benzene rings is 1. The van der Waals surface area contributed by atoms with Crippen LogP contribution in [0.15, 0.2) is 24.3 Å². The zero-order chi connectivity index (χ0) is 19.1. The highest BCUT2D eigenvalue weighted by atomic mass is 35.5. The lowest BCUT2D eigenvalue weighted by molar-refractivity contribution is 0.1000. The first-order valence-corrected chi connectivity index (χ1v) is 10.9. The van der Waals surface area contributed by atoms with Crippen LogP contribution in [-0.2, 0) is 12.8 Å². The summed E-state index contributed by atoms with van der Waals surface area (Å²) >= 11 is 9.24. The topological polar surface area (TPSA) is 72.2 Å². The highest BCUT2D eigenvalue weighted by Gasteiger charge is 2.29. The largest absolute Gasteiger partial charge is 0.365 e. The normalized spacial score (nSPS) is 16.3. The molecule has 1 atom stereocenters. The Balaban J connectivity index is 1.69. The van der Waals surface area contributed by atoms with E-state index in [1.165, 1.54) is 27.6 Å². The van der Waals surface area contributed by atoms with Gasteiger partial charge in [0.1, 0.15) is 9.88 Å². The van der Waals surface area contributed by atoms with Gasteiger partial charge in [-0.25, -0.2) is 0 Å². The fraction of sp³-hybridized carbons (Fsp3) is 0.300. The third kappa shape index (κ3) is 3.26. The van der Waals surface area contributed by atoms with Crippen molar-refractivity contribution in [1.29, 1.82) is 0 Å². The van der Waals surface area contributed by atoms with Crippen molar-refractivity contribution >= 4 is 61.2 Å². The molecule has 7 heteroatoms. The molecule has 1 aliphatic rings. The van der Waals surface area contributed by atoms with E-state index in [-0.39, 0.29) is 5.91 Å². The molecule has 0 saturated heterocycles. The van der Waals surface area contributed by atoms with Crippen molar-refractivity contribution in [3.63, 3.8) is 0 Å². The summed E-state index contributed by atoms with van der Waals surface area (Å²) in [6.45, 7) is 2.18. The number of anilines is 1. The molecule has 0 bridgehead atoms. The number of nitrogens with one attached hydrogen (secondary N) is 1. The highest BCUT2D eigenvalue weighted by Crippen LogP contribution is 2.41. The zero-order valence-electron chi connectivity index (χ0n) is 14.8. The average molecular weight is 419 g/mol. The Morgan fingerprint density at radius 3 is 2.78 bits per heavy atom. The summed E-state index contributed by atoms with van der Waals surface area (Å²) < 4.78 is 0.957. The first kappa shape index (κ1) is 18.5. The first-order chi connectivity index (χ1) is 13.0. The summed E-state index contributed by atoms with van der Waals surface area (Å²) in [5.41, 5.74) is 7.13. The van der Waals surface area contributed by atoms with Gasteiger partial charge in [-0.15, -0.1) is 22.7 Å². The van der Waals surface area contributed by atoms with Crippen LogP contribution in [0.5, 0.6) is 0 Å². The molecule has 4 rings (SSSR count). The molecule has 140 valence electrons. The zero-order valence-corrected chi connectivity index (χ0v) is 17.2. The van der Waals surface area contributed by atoms with Gasteiger partial charge < -0.3 is 11.1 Å². The van der Waals surface area contributed by atoms with E-state index in [2.05, 4.69) is 12.2 Å². The average Bonchev–Trinajstić information content (AvgIpc) is 3.18. The van der Waals surface area contributed by atoms with Crippen molar-refractivity contribution in [2.45, 2.75) is 32.6 Å². The number of amides is 2. The third-order valence-corrected chi connectivity index (χ3v) is 8.00. The second-order valence-corrected chi connectivity index (χ2v) is 9.32. The SMILES string of the molecule is CC[C@H]1CCc2c(sc(NC(=O)c3sc4ccccc4c3Cl)c2C(N)=O)C1. The minimum atomic E-state index is -0.486. The van der Waals surface area contributed by atoms with Crippen LogP contribution >= 0.6 is 34.3 Å². The molecule has 4 nitrogen and oxygen atoms in total. The molecular formula is C20H19ClN2O2S2. The predicted octanol–water partition coefficient (Wildman–Crippen LogP) is 5.48. The van der Waals surface area contributed by atoms with Crippen molar-refractivity contribution in [3.8, 4) is 0 Å². The Hall–Kier alpha value is -1.89. The van der Waals surface area contributed by atoms with Crippen molar-refractivity contribution in [1.82, 2.24) is 0 Å². The second kappa shape index (κ2) is 7.26. The number of halogens is 1. The van der Waals surface area contributed by atoms with E-state index in [0.717, 1.165) is 41.3 Å². The summed E-state index contributed by atoms with van der Waals surface area (Å²) in [6.07, 6.45) is 3.94. The third-order valence-electron chi connectivity index (χ3n) is 5.16. The molecule has 3 N–H and O–H groups in total. The van der Waals surface area contributed by atoms with Gasteiger partial charge in [0, 0.05) is 15.0 Å². The van der Waals surface area contributed by atoms with E-state index in [1.54, 1.807) is 0 Å². The number of thiophene rings is 2. The number of nitrogens with two attached hydrogens (primary N) is 1. The number of carbonyl (C=O) groups excluding carboxylic acids is 2. The Labute approximate surface area is 170 Å². The van der Waals surface area contributed by atoms with E-state index in [1.807, 2.05) is 24.3 Å².